The molecule has 0 radical (unpaired) electrons. The second-order valence-corrected chi connectivity index (χ2v) is 6.97. The average molecular weight is 361 g/mol. The van der Waals surface area contributed by atoms with Gasteiger partial charge in [-0.3, -0.25) is 0 Å². The lowest BCUT2D eigenvalue weighted by Crippen LogP contribution is -2.02. The number of fused-ring (bicyclic) bond motifs is 3. The summed E-state index contributed by atoms with van der Waals surface area (Å²) in [6.07, 6.45) is 5.86. The maximum Gasteiger partial charge on any atom is 0.0495 e. The lowest BCUT2D eigenvalue weighted by atomic mass is 9.92. The van der Waals surface area contributed by atoms with Crippen LogP contribution in [0.25, 0.3) is 46.8 Å². The molecule has 3 aromatic rings. The summed E-state index contributed by atoms with van der Waals surface area (Å²) in [6.45, 7) is 16.7. The van der Waals surface area contributed by atoms with Crippen molar-refractivity contribution in [2.45, 2.75) is 0 Å². The quantitative estimate of drug-likeness (QED) is 0.453. The Bertz CT molecular complexity index is 1330. The Hall–Kier alpha value is -3.58. The van der Waals surface area contributed by atoms with E-state index in [0.29, 0.717) is 0 Å². The van der Waals surface area contributed by atoms with Crippen LogP contribution in [0.4, 0.5) is 0 Å². The van der Waals surface area contributed by atoms with E-state index in [1.807, 2.05) is 30.4 Å². The molecule has 1 heterocycles. The molecule has 4 rings (SSSR count). The molecule has 0 saturated carbocycles. The molecule has 136 valence electrons. The maximum atomic E-state index is 4.52. The fraction of sp³-hybridized carbons (Fsp3) is 0.0370. The van der Waals surface area contributed by atoms with Gasteiger partial charge >= 0.3 is 0 Å². The third kappa shape index (κ3) is 2.56. The van der Waals surface area contributed by atoms with Crippen LogP contribution in [-0.4, -0.2) is 4.57 Å². The predicted molar refractivity (Wildman–Crippen MR) is 124 cm³/mol. The molecule has 0 unspecified atom stereocenters. The van der Waals surface area contributed by atoms with Crippen LogP contribution in [0.1, 0.15) is 16.8 Å². The number of aromatic nitrogens is 1. The van der Waals surface area contributed by atoms with Gasteiger partial charge < -0.3 is 4.57 Å². The summed E-state index contributed by atoms with van der Waals surface area (Å²) in [4.78, 5) is 0. The number of aryl methyl sites for hydroxylation is 1. The Morgan fingerprint density at radius 1 is 0.821 bits per heavy atom. The first-order valence-electron chi connectivity index (χ1n) is 9.31. The lowest BCUT2D eigenvalue weighted by molar-refractivity contribution is 0.953. The summed E-state index contributed by atoms with van der Waals surface area (Å²) in [5.41, 5.74) is 7.90. The molecule has 28 heavy (non-hydrogen) atoms. The van der Waals surface area contributed by atoms with Crippen LogP contribution < -0.4 is 10.4 Å². The third-order valence-corrected chi connectivity index (χ3v) is 5.39. The van der Waals surface area contributed by atoms with Crippen molar-refractivity contribution in [1.82, 2.24) is 4.57 Å². The van der Waals surface area contributed by atoms with Crippen LogP contribution in [0.15, 0.2) is 79.9 Å². The molecular weight excluding hydrogens is 338 g/mol. The van der Waals surface area contributed by atoms with Crippen molar-refractivity contribution in [1.29, 1.82) is 0 Å². The smallest absolute Gasteiger partial charge is 0.0495 e. The first-order chi connectivity index (χ1) is 13.6. The molecule has 0 atom stereocenters. The Kier molecular flexibility index (Phi) is 4.37. The highest BCUT2D eigenvalue weighted by Gasteiger charge is 2.23. The van der Waals surface area contributed by atoms with Gasteiger partial charge in [-0.05, 0) is 44.8 Å². The normalized spacial score (nSPS) is 13.1. The minimum atomic E-state index is 0.950. The van der Waals surface area contributed by atoms with Gasteiger partial charge in [0.1, 0.15) is 0 Å². The van der Waals surface area contributed by atoms with E-state index in [-0.39, 0.29) is 0 Å². The van der Waals surface area contributed by atoms with E-state index in [1.165, 1.54) is 11.1 Å². The minimum Gasteiger partial charge on any atom is -0.344 e. The first kappa shape index (κ1) is 17.8. The van der Waals surface area contributed by atoms with Gasteiger partial charge in [0.2, 0.25) is 0 Å². The molecule has 0 saturated heterocycles. The summed E-state index contributed by atoms with van der Waals surface area (Å²) < 4.78 is 2.18. The molecule has 0 fully saturated rings. The topological polar surface area (TPSA) is 4.93 Å². The minimum absolute atomic E-state index is 0.950. The lowest BCUT2D eigenvalue weighted by Gasteiger charge is -2.12. The monoisotopic (exact) mass is 361 g/mol. The van der Waals surface area contributed by atoms with Gasteiger partial charge in [-0.1, -0.05) is 87.0 Å². The Balaban J connectivity index is 2.44. The first-order valence-corrected chi connectivity index (χ1v) is 9.31. The van der Waals surface area contributed by atoms with Gasteiger partial charge in [-0.25, -0.2) is 0 Å². The summed E-state index contributed by atoms with van der Waals surface area (Å²) >= 11 is 0. The number of hydrogen-bond donors (Lipinski definition) is 0. The second-order valence-electron chi connectivity index (χ2n) is 6.97. The van der Waals surface area contributed by atoms with Crippen molar-refractivity contribution in [3.63, 3.8) is 0 Å². The standard InChI is InChI=1S/C27H23N/c1-6-11-23-22-14-9-8-13-21(22)20-15-10-12-18(3)16-17-25-26(19(20)4)27(23)24(7-2)28(25)5/h6-17H,1-4H2,5H3/b12-10?,17-16?,20-15?,23-11-. The number of allylic oxidation sites excluding steroid dienone is 2. The molecule has 1 heteroatoms. The van der Waals surface area contributed by atoms with Crippen molar-refractivity contribution >= 4 is 35.7 Å². The second kappa shape index (κ2) is 6.86. The number of nitrogens with zero attached hydrogens (tertiary/aromatic N) is 1. The van der Waals surface area contributed by atoms with Crippen molar-refractivity contribution in [2.24, 2.45) is 7.05 Å². The highest BCUT2D eigenvalue weighted by molar-refractivity contribution is 6.06. The molecule has 2 aromatic carbocycles. The van der Waals surface area contributed by atoms with Crippen LogP contribution in [0.5, 0.6) is 0 Å². The van der Waals surface area contributed by atoms with Crippen molar-refractivity contribution < 1.29 is 0 Å². The van der Waals surface area contributed by atoms with E-state index in [9.17, 15) is 0 Å². The Morgan fingerprint density at radius 3 is 2.25 bits per heavy atom. The molecule has 1 aliphatic carbocycles. The van der Waals surface area contributed by atoms with Crippen LogP contribution in [0.3, 0.4) is 0 Å². The van der Waals surface area contributed by atoms with Crippen LogP contribution in [-0.2, 0) is 7.05 Å². The summed E-state index contributed by atoms with van der Waals surface area (Å²) in [6, 6.07) is 18.8. The maximum absolute atomic E-state index is 4.52. The molecule has 2 bridgehead atoms. The van der Waals surface area contributed by atoms with Crippen molar-refractivity contribution in [3.8, 4) is 11.1 Å². The molecule has 0 N–H and O–H groups in total. The van der Waals surface area contributed by atoms with Crippen molar-refractivity contribution in [3.05, 3.63) is 107 Å². The van der Waals surface area contributed by atoms with Crippen LogP contribution >= 0.6 is 0 Å². The fourth-order valence-electron chi connectivity index (χ4n) is 4.11. The van der Waals surface area contributed by atoms with Gasteiger partial charge in [0.25, 0.3) is 0 Å². The van der Waals surface area contributed by atoms with Gasteiger partial charge in [-0.2, -0.15) is 0 Å². The predicted octanol–water partition coefficient (Wildman–Crippen LogP) is 5.36. The van der Waals surface area contributed by atoms with Gasteiger partial charge in [0, 0.05) is 29.2 Å². The number of hydrogen-bond acceptors (Lipinski definition) is 0. The SMILES string of the molecule is C=C/C=C1/c2ccccc2-c2cccc(=C)ccc3c(c1c(C=C)n3C)c2=C. The van der Waals surface area contributed by atoms with E-state index in [4.69, 9.17) is 0 Å². The van der Waals surface area contributed by atoms with Gasteiger partial charge in [0.15, 0.2) is 0 Å². The summed E-state index contributed by atoms with van der Waals surface area (Å²) in [5.74, 6) is 0. The zero-order chi connectivity index (χ0) is 19.8. The molecule has 0 spiro atoms. The van der Waals surface area contributed by atoms with Crippen molar-refractivity contribution in [2.75, 3.05) is 0 Å². The zero-order valence-corrected chi connectivity index (χ0v) is 16.2. The van der Waals surface area contributed by atoms with Crippen LogP contribution in [0.2, 0.25) is 0 Å². The summed E-state index contributed by atoms with van der Waals surface area (Å²) in [7, 11) is 2.07. The fourth-order valence-corrected chi connectivity index (χ4v) is 4.11. The van der Waals surface area contributed by atoms with E-state index >= 15 is 0 Å². The molecule has 0 amide bonds. The Morgan fingerprint density at radius 2 is 1.54 bits per heavy atom. The number of rotatable bonds is 2. The largest absolute Gasteiger partial charge is 0.344 e. The molecule has 0 aliphatic heterocycles. The van der Waals surface area contributed by atoms with E-state index in [2.05, 4.69) is 80.4 Å². The molecule has 1 aromatic heterocycles. The highest BCUT2D eigenvalue weighted by Crippen LogP contribution is 2.39. The molecular formula is C27H23N. The molecule has 1 aliphatic rings. The Labute approximate surface area is 165 Å². The summed E-state index contributed by atoms with van der Waals surface area (Å²) in [5, 5.41) is 3.09. The zero-order valence-electron chi connectivity index (χ0n) is 16.2. The number of benzene rings is 1. The third-order valence-electron chi connectivity index (χ3n) is 5.39. The average Bonchev–Trinajstić information content (AvgIpc) is 2.94. The van der Waals surface area contributed by atoms with Gasteiger partial charge in [0.05, 0.1) is 0 Å². The highest BCUT2D eigenvalue weighted by atomic mass is 14.9. The van der Waals surface area contributed by atoms with E-state index in [0.717, 1.165) is 43.7 Å². The van der Waals surface area contributed by atoms with E-state index < -0.39 is 0 Å². The van der Waals surface area contributed by atoms with E-state index in [1.54, 1.807) is 0 Å². The van der Waals surface area contributed by atoms with Gasteiger partial charge in [-0.15, -0.1) is 0 Å². The molecule has 1 nitrogen and oxygen atoms in total. The van der Waals surface area contributed by atoms with Crippen LogP contribution in [0, 0.1) is 0 Å².